The molecule has 1 aromatic rings. The van der Waals surface area contributed by atoms with Crippen LogP contribution in [-0.2, 0) is 0 Å². The Morgan fingerprint density at radius 3 is 2.45 bits per heavy atom. The number of anilines is 2. The number of nitrogens with zero attached hydrogens (tertiary/aromatic N) is 4. The van der Waals surface area contributed by atoms with Crippen LogP contribution in [0, 0.1) is 0 Å². The van der Waals surface area contributed by atoms with Gasteiger partial charge in [0.15, 0.2) is 0 Å². The lowest BCUT2D eigenvalue weighted by Crippen LogP contribution is -2.35. The predicted molar refractivity (Wildman–Crippen MR) is 67.4 cm³/mol. The van der Waals surface area contributed by atoms with E-state index >= 15 is 0 Å². The first-order chi connectivity index (χ1) is 9.39. The summed E-state index contributed by atoms with van der Waals surface area (Å²) in [4.78, 5) is 12.4. The van der Waals surface area contributed by atoms with Crippen molar-refractivity contribution in [3.63, 3.8) is 0 Å². The Kier molecular flexibility index (Phi) is 5.74. The van der Waals surface area contributed by atoms with E-state index in [9.17, 15) is 13.2 Å². The van der Waals surface area contributed by atoms with E-state index in [0.717, 1.165) is 4.90 Å². The van der Waals surface area contributed by atoms with E-state index in [0.29, 0.717) is 13.0 Å². The van der Waals surface area contributed by atoms with E-state index in [4.69, 9.17) is 10.6 Å². The number of halogens is 3. The predicted octanol–water partition coefficient (Wildman–Crippen LogP) is 1.33. The fraction of sp³-hybridized carbons (Fsp3) is 0.700. The molecule has 0 aliphatic heterocycles. The average molecular weight is 294 g/mol. The van der Waals surface area contributed by atoms with Crippen molar-refractivity contribution in [1.29, 1.82) is 0 Å². The minimum absolute atomic E-state index is 0.0540. The number of hydrogen-bond acceptors (Lipinski definition) is 7. The zero-order valence-electron chi connectivity index (χ0n) is 11.2. The van der Waals surface area contributed by atoms with Gasteiger partial charge in [-0.25, -0.2) is 5.84 Å². The molecule has 0 amide bonds. The molecule has 1 heterocycles. The molecule has 3 N–H and O–H groups in total. The van der Waals surface area contributed by atoms with Gasteiger partial charge < -0.3 is 9.64 Å². The van der Waals surface area contributed by atoms with Crippen LogP contribution < -0.4 is 20.9 Å². The highest BCUT2D eigenvalue weighted by Gasteiger charge is 2.31. The molecule has 0 spiro atoms. The smallest absolute Gasteiger partial charge is 0.406 e. The van der Waals surface area contributed by atoms with Crippen LogP contribution in [0.2, 0.25) is 0 Å². The van der Waals surface area contributed by atoms with Gasteiger partial charge in [0.2, 0.25) is 11.9 Å². The van der Waals surface area contributed by atoms with E-state index in [2.05, 4.69) is 20.4 Å². The first-order valence-corrected chi connectivity index (χ1v) is 6.06. The molecule has 0 unspecified atom stereocenters. The topological polar surface area (TPSA) is 89.2 Å². The fourth-order valence-corrected chi connectivity index (χ4v) is 1.35. The normalized spacial score (nSPS) is 11.3. The van der Waals surface area contributed by atoms with Crippen molar-refractivity contribution < 1.29 is 17.9 Å². The Labute approximate surface area is 114 Å². The first kappa shape index (κ1) is 16.2. The average Bonchev–Trinajstić information content (AvgIpc) is 2.41. The van der Waals surface area contributed by atoms with Crippen molar-refractivity contribution in [2.45, 2.75) is 26.4 Å². The van der Waals surface area contributed by atoms with Crippen LogP contribution in [-0.4, -0.2) is 40.8 Å². The number of alkyl halides is 3. The molecule has 0 saturated heterocycles. The molecule has 0 aliphatic rings. The second kappa shape index (κ2) is 7.08. The number of ether oxygens (including phenoxy) is 1. The van der Waals surface area contributed by atoms with Gasteiger partial charge >= 0.3 is 12.2 Å². The van der Waals surface area contributed by atoms with Crippen LogP contribution in [0.15, 0.2) is 0 Å². The summed E-state index contributed by atoms with van der Waals surface area (Å²) < 4.78 is 42.6. The monoisotopic (exact) mass is 294 g/mol. The van der Waals surface area contributed by atoms with Crippen molar-refractivity contribution in [2.75, 3.05) is 30.0 Å². The molecule has 0 radical (unpaired) electrons. The van der Waals surface area contributed by atoms with Crippen molar-refractivity contribution in [3.05, 3.63) is 0 Å². The zero-order valence-corrected chi connectivity index (χ0v) is 11.2. The second-order valence-corrected chi connectivity index (χ2v) is 3.86. The molecule has 0 fully saturated rings. The van der Waals surface area contributed by atoms with Crippen LogP contribution >= 0.6 is 0 Å². The third kappa shape index (κ3) is 5.03. The maximum Gasteiger partial charge on any atom is 0.406 e. The van der Waals surface area contributed by atoms with Crippen LogP contribution in [0.4, 0.5) is 25.1 Å². The molecule has 0 aliphatic carbocycles. The van der Waals surface area contributed by atoms with Gasteiger partial charge in [-0.15, -0.1) is 0 Å². The molecule has 20 heavy (non-hydrogen) atoms. The lowest BCUT2D eigenvalue weighted by molar-refractivity contribution is -0.119. The highest BCUT2D eigenvalue weighted by Crippen LogP contribution is 2.21. The summed E-state index contributed by atoms with van der Waals surface area (Å²) in [6.07, 6.45) is -3.64. The van der Waals surface area contributed by atoms with Crippen LogP contribution in [0.25, 0.3) is 0 Å². The molecule has 0 bridgehead atoms. The van der Waals surface area contributed by atoms with E-state index < -0.39 is 12.7 Å². The lowest BCUT2D eigenvalue weighted by atomic mass is 10.5. The maximum atomic E-state index is 12.5. The minimum Gasteiger partial charge on any atom is -0.463 e. The van der Waals surface area contributed by atoms with E-state index in [1.54, 1.807) is 6.92 Å². The number of hydrazine groups is 1. The number of nitrogen functional groups attached to an aromatic ring is 1. The third-order valence-electron chi connectivity index (χ3n) is 2.20. The van der Waals surface area contributed by atoms with Crippen molar-refractivity contribution >= 4 is 11.9 Å². The molecule has 114 valence electrons. The number of aromatic nitrogens is 3. The Morgan fingerprint density at radius 1 is 1.25 bits per heavy atom. The third-order valence-corrected chi connectivity index (χ3v) is 2.20. The molecular formula is C10H17F3N6O. The summed E-state index contributed by atoms with van der Waals surface area (Å²) in [5.41, 5.74) is 2.18. The van der Waals surface area contributed by atoms with Crippen LogP contribution in [0.5, 0.6) is 6.01 Å². The molecule has 10 heteroatoms. The Hall–Kier alpha value is -1.84. The highest BCUT2D eigenvalue weighted by atomic mass is 19.4. The van der Waals surface area contributed by atoms with Gasteiger partial charge in [0.25, 0.3) is 0 Å². The van der Waals surface area contributed by atoms with Gasteiger partial charge in [-0.3, -0.25) is 5.43 Å². The quantitative estimate of drug-likeness (QED) is 0.579. The number of nitrogens with one attached hydrogen (secondary N) is 1. The van der Waals surface area contributed by atoms with Gasteiger partial charge in [0.1, 0.15) is 6.54 Å². The Morgan fingerprint density at radius 2 is 1.95 bits per heavy atom. The van der Waals surface area contributed by atoms with Gasteiger partial charge in [0, 0.05) is 6.54 Å². The summed E-state index contributed by atoms with van der Waals surface area (Å²) in [6.45, 7) is 2.72. The van der Waals surface area contributed by atoms with Crippen LogP contribution in [0.1, 0.15) is 20.3 Å². The van der Waals surface area contributed by atoms with Crippen molar-refractivity contribution in [1.82, 2.24) is 15.0 Å². The van der Waals surface area contributed by atoms with Gasteiger partial charge in [-0.05, 0) is 13.3 Å². The maximum absolute atomic E-state index is 12.5. The summed E-state index contributed by atoms with van der Waals surface area (Å²) >= 11 is 0. The van der Waals surface area contributed by atoms with E-state index in [-0.39, 0.29) is 24.5 Å². The number of rotatable bonds is 7. The van der Waals surface area contributed by atoms with Gasteiger partial charge in [-0.1, -0.05) is 6.92 Å². The molecule has 1 aromatic heterocycles. The van der Waals surface area contributed by atoms with E-state index in [1.807, 2.05) is 6.92 Å². The van der Waals surface area contributed by atoms with Crippen molar-refractivity contribution in [2.24, 2.45) is 5.84 Å². The summed E-state index contributed by atoms with van der Waals surface area (Å²) in [5, 5.41) is 0. The zero-order chi connectivity index (χ0) is 15.2. The SMILES string of the molecule is CCCOc1nc(NN)nc(N(CC)CC(F)(F)F)n1. The van der Waals surface area contributed by atoms with Crippen molar-refractivity contribution in [3.8, 4) is 6.01 Å². The molecule has 0 aromatic carbocycles. The van der Waals surface area contributed by atoms with Crippen LogP contribution in [0.3, 0.4) is 0 Å². The number of hydrogen-bond donors (Lipinski definition) is 2. The van der Waals surface area contributed by atoms with Gasteiger partial charge in [-0.2, -0.15) is 28.1 Å². The largest absolute Gasteiger partial charge is 0.463 e. The standard InChI is InChI=1S/C10H17F3N6O/c1-3-5-20-9-16-7(18-14)15-8(17-9)19(4-2)6-10(11,12)13/h3-6,14H2,1-2H3,(H,15,16,17,18). The second-order valence-electron chi connectivity index (χ2n) is 3.86. The number of nitrogens with two attached hydrogens (primary N) is 1. The summed E-state index contributed by atoms with van der Waals surface area (Å²) in [7, 11) is 0. The Balaban J connectivity index is 3.01. The van der Waals surface area contributed by atoms with Gasteiger partial charge in [0.05, 0.1) is 6.61 Å². The molecule has 7 nitrogen and oxygen atoms in total. The first-order valence-electron chi connectivity index (χ1n) is 6.06. The summed E-state index contributed by atoms with van der Waals surface area (Å²) in [6, 6.07) is -0.0644. The fourth-order valence-electron chi connectivity index (χ4n) is 1.35. The molecule has 0 saturated carbocycles. The molecule has 0 atom stereocenters. The Bertz CT molecular complexity index is 428. The summed E-state index contributed by atoms with van der Waals surface area (Å²) in [5.74, 6) is 4.99. The lowest BCUT2D eigenvalue weighted by Gasteiger charge is -2.22. The van der Waals surface area contributed by atoms with E-state index in [1.165, 1.54) is 0 Å². The molecular weight excluding hydrogens is 277 g/mol. The highest BCUT2D eigenvalue weighted by molar-refractivity contribution is 5.37. The minimum atomic E-state index is -4.36. The molecule has 1 rings (SSSR count).